The van der Waals surface area contributed by atoms with Gasteiger partial charge in [0.25, 0.3) is 11.7 Å². The first kappa shape index (κ1) is 21.9. The lowest BCUT2D eigenvalue weighted by Crippen LogP contribution is -2.55. The molecule has 1 aromatic carbocycles. The van der Waals surface area contributed by atoms with E-state index in [1.54, 1.807) is 48.4 Å². The van der Waals surface area contributed by atoms with Gasteiger partial charge >= 0.3 is 0 Å². The van der Waals surface area contributed by atoms with Gasteiger partial charge < -0.3 is 14.5 Å². The Morgan fingerprint density at radius 3 is 2.65 bits per heavy atom. The molecule has 0 bridgehead atoms. The topological polar surface area (TPSA) is 62.9 Å². The van der Waals surface area contributed by atoms with E-state index in [-0.39, 0.29) is 29.2 Å². The van der Waals surface area contributed by atoms with E-state index in [1.165, 1.54) is 17.2 Å². The number of amides is 1. The number of hydrogen-bond donors (Lipinski definition) is 0. The van der Waals surface area contributed by atoms with Crippen molar-refractivity contribution in [2.45, 2.75) is 38.3 Å². The molecule has 7 nitrogen and oxygen atoms in total. The van der Waals surface area contributed by atoms with Gasteiger partial charge in [-0.15, -0.1) is 4.98 Å². The Balaban J connectivity index is 1.45. The number of aryl methyl sites for hydroxylation is 1. The van der Waals surface area contributed by atoms with Crippen LogP contribution in [0.1, 0.15) is 30.5 Å². The summed E-state index contributed by atoms with van der Waals surface area (Å²) in [5.74, 6) is -0.327. The van der Waals surface area contributed by atoms with Crippen molar-refractivity contribution in [2.24, 2.45) is 0 Å². The number of rotatable bonds is 5. The van der Waals surface area contributed by atoms with Crippen molar-refractivity contribution >= 4 is 40.4 Å². The van der Waals surface area contributed by atoms with Crippen LogP contribution in [0.5, 0.6) is 5.75 Å². The van der Waals surface area contributed by atoms with Crippen molar-refractivity contribution in [2.75, 3.05) is 9.80 Å². The second kappa shape index (κ2) is 8.47. The highest BCUT2D eigenvalue weighted by Gasteiger charge is 2.59. The van der Waals surface area contributed by atoms with Gasteiger partial charge in [0.15, 0.2) is 16.7 Å². The number of nitrogens with zero attached hydrogens (tertiary/aromatic N) is 5. The van der Waals surface area contributed by atoms with E-state index >= 15 is 4.39 Å². The van der Waals surface area contributed by atoms with E-state index < -0.39 is 11.4 Å². The predicted molar refractivity (Wildman–Crippen MR) is 129 cm³/mol. The number of pyridine rings is 2. The molecule has 5 rings (SSSR count). The molecule has 0 atom stereocenters. The molecule has 170 valence electrons. The molecule has 0 radical (unpaired) electrons. The molecule has 0 N–H and O–H groups in total. The molecule has 0 unspecified atom stereocenters. The minimum atomic E-state index is -0.841. The molecule has 3 aromatic rings. The molecule has 2 fully saturated rings. The van der Waals surface area contributed by atoms with Crippen LogP contribution in [0.4, 0.5) is 21.6 Å². The molecule has 9 heteroatoms. The number of carbonyl (C=O) groups excluding carboxylic acids is 1. The molecule has 3 heterocycles. The molecule has 34 heavy (non-hydrogen) atoms. The molecular weight excluding hydrogens is 453 g/mol. The van der Waals surface area contributed by atoms with Gasteiger partial charge in [-0.2, -0.15) is 0 Å². The van der Waals surface area contributed by atoms with Gasteiger partial charge in [-0.3, -0.25) is 14.7 Å². The summed E-state index contributed by atoms with van der Waals surface area (Å²) in [7, 11) is 0. The Morgan fingerprint density at radius 2 is 2.03 bits per heavy atom. The summed E-state index contributed by atoms with van der Waals surface area (Å²) in [6.07, 6.45) is 5.25. The van der Waals surface area contributed by atoms with Gasteiger partial charge in [0.05, 0.1) is 11.4 Å². The van der Waals surface area contributed by atoms with E-state index in [4.69, 9.17) is 23.5 Å². The SMILES string of the molecule is [C-]#[N+]c1ncc(N2C(=O)C3(CCC3)N(c3ccc(OCc4ccccn4)c(F)c3)C2=S)cc1C. The number of benzene rings is 1. The number of hydrogen-bond acceptors (Lipinski definition) is 5. The van der Waals surface area contributed by atoms with Crippen molar-refractivity contribution in [1.82, 2.24) is 9.97 Å². The Bertz CT molecular complexity index is 1340. The van der Waals surface area contributed by atoms with Crippen molar-refractivity contribution in [3.05, 3.63) is 83.4 Å². The zero-order valence-corrected chi connectivity index (χ0v) is 19.2. The van der Waals surface area contributed by atoms with Crippen LogP contribution in [-0.2, 0) is 11.4 Å². The monoisotopic (exact) mass is 473 g/mol. The fraction of sp³-hybridized carbons (Fsp3) is 0.240. The molecule has 1 amide bonds. The van der Waals surface area contributed by atoms with Gasteiger partial charge in [0.2, 0.25) is 0 Å². The van der Waals surface area contributed by atoms with Gasteiger partial charge in [-0.25, -0.2) is 4.39 Å². The summed E-state index contributed by atoms with van der Waals surface area (Å²) >= 11 is 5.73. The summed E-state index contributed by atoms with van der Waals surface area (Å²) < 4.78 is 20.6. The fourth-order valence-electron chi connectivity index (χ4n) is 4.38. The molecule has 1 aliphatic carbocycles. The number of thiocarbonyl (C=S) groups is 1. The Labute approximate surface area is 201 Å². The van der Waals surface area contributed by atoms with Crippen molar-refractivity contribution < 1.29 is 13.9 Å². The first-order chi connectivity index (χ1) is 16.4. The lowest BCUT2D eigenvalue weighted by atomic mass is 9.75. The van der Waals surface area contributed by atoms with Gasteiger partial charge in [0.1, 0.15) is 18.3 Å². The maximum absolute atomic E-state index is 15.0. The van der Waals surface area contributed by atoms with E-state index in [1.807, 2.05) is 6.07 Å². The van der Waals surface area contributed by atoms with E-state index in [0.717, 1.165) is 6.42 Å². The van der Waals surface area contributed by atoms with E-state index in [9.17, 15) is 4.79 Å². The number of aromatic nitrogens is 2. The third-order valence-corrected chi connectivity index (χ3v) is 6.63. The molecule has 2 aliphatic rings. The molecule has 1 aliphatic heterocycles. The molecule has 1 saturated carbocycles. The van der Waals surface area contributed by atoms with Gasteiger partial charge in [-0.1, -0.05) is 12.6 Å². The highest BCUT2D eigenvalue weighted by molar-refractivity contribution is 7.81. The number of anilines is 2. The molecular formula is C25H20FN5O2S. The first-order valence-corrected chi connectivity index (χ1v) is 11.2. The maximum Gasteiger partial charge on any atom is 0.272 e. The van der Waals surface area contributed by atoms with Gasteiger partial charge in [0, 0.05) is 18.0 Å². The number of ether oxygens (including phenoxy) is 1. The normalized spacial score (nSPS) is 16.5. The average molecular weight is 474 g/mol. The molecule has 2 aromatic heterocycles. The minimum absolute atomic E-state index is 0.0971. The summed E-state index contributed by atoms with van der Waals surface area (Å²) in [6, 6.07) is 11.8. The third-order valence-electron chi connectivity index (χ3n) is 6.27. The summed E-state index contributed by atoms with van der Waals surface area (Å²) in [4.78, 5) is 28.5. The summed E-state index contributed by atoms with van der Waals surface area (Å²) in [5.41, 5.74) is 1.50. The second-order valence-corrected chi connectivity index (χ2v) is 8.68. The van der Waals surface area contributed by atoms with Crippen LogP contribution in [0.25, 0.3) is 4.85 Å². The minimum Gasteiger partial charge on any atom is -0.484 e. The van der Waals surface area contributed by atoms with Crippen molar-refractivity contribution in [1.29, 1.82) is 0 Å². The summed E-state index contributed by atoms with van der Waals surface area (Å²) in [6.45, 7) is 9.11. The average Bonchev–Trinajstić information content (AvgIpc) is 3.05. The van der Waals surface area contributed by atoms with E-state index in [0.29, 0.717) is 35.5 Å². The second-order valence-electron chi connectivity index (χ2n) is 8.31. The molecule has 1 spiro atoms. The number of halogens is 1. The van der Waals surface area contributed by atoms with Crippen LogP contribution >= 0.6 is 12.2 Å². The van der Waals surface area contributed by atoms with Crippen LogP contribution in [0.2, 0.25) is 0 Å². The zero-order chi connectivity index (χ0) is 23.9. The highest BCUT2D eigenvalue weighted by Crippen LogP contribution is 2.48. The van der Waals surface area contributed by atoms with Crippen LogP contribution in [0.15, 0.2) is 54.9 Å². The lowest BCUT2D eigenvalue weighted by Gasteiger charge is -2.43. The standard InChI is InChI=1S/C25H20FN5O2S/c1-16-12-19(14-29-22(16)27-2)30-23(32)25(9-5-10-25)31(24(30)34)18-7-8-21(20(26)13-18)33-15-17-6-3-4-11-28-17/h3-4,6-8,11-14H,5,9-10,15H2,1H3. The molecule has 1 saturated heterocycles. The largest absolute Gasteiger partial charge is 0.484 e. The van der Waals surface area contributed by atoms with E-state index in [2.05, 4.69) is 14.8 Å². The van der Waals surface area contributed by atoms with Crippen LogP contribution in [-0.4, -0.2) is 26.5 Å². The maximum atomic E-state index is 15.0. The smallest absolute Gasteiger partial charge is 0.272 e. The van der Waals surface area contributed by atoms with Crippen LogP contribution in [0, 0.1) is 19.3 Å². The van der Waals surface area contributed by atoms with Crippen molar-refractivity contribution in [3.63, 3.8) is 0 Å². The Hall–Kier alpha value is -3.90. The predicted octanol–water partition coefficient (Wildman–Crippen LogP) is 5.11. The summed E-state index contributed by atoms with van der Waals surface area (Å²) in [5, 5.41) is 0.267. The quantitative estimate of drug-likeness (QED) is 0.379. The van der Waals surface area contributed by atoms with Crippen LogP contribution < -0.4 is 14.5 Å². The van der Waals surface area contributed by atoms with Crippen LogP contribution in [0.3, 0.4) is 0 Å². The Kier molecular flexibility index (Phi) is 5.46. The lowest BCUT2D eigenvalue weighted by molar-refractivity contribution is -0.123. The van der Waals surface area contributed by atoms with Gasteiger partial charge in [-0.05, 0) is 74.3 Å². The highest BCUT2D eigenvalue weighted by atomic mass is 32.1. The third kappa shape index (κ3) is 3.47. The Morgan fingerprint density at radius 1 is 1.21 bits per heavy atom. The number of carbonyl (C=O) groups is 1. The fourth-order valence-corrected chi connectivity index (χ4v) is 4.85. The zero-order valence-electron chi connectivity index (χ0n) is 18.4. The van der Waals surface area contributed by atoms with Crippen molar-refractivity contribution in [3.8, 4) is 5.75 Å². The first-order valence-electron chi connectivity index (χ1n) is 10.8.